The molecule has 1 saturated heterocycles. The Morgan fingerprint density at radius 3 is 2.48 bits per heavy atom. The normalized spacial score (nSPS) is 15.8. The fourth-order valence-corrected chi connectivity index (χ4v) is 5.48. The summed E-state index contributed by atoms with van der Waals surface area (Å²) in [5.74, 6) is -0.176. The maximum Gasteiger partial charge on any atom is 0.263 e. The van der Waals surface area contributed by atoms with E-state index in [1.807, 2.05) is 24.3 Å². The number of hydrogen-bond acceptors (Lipinski definition) is 5. The molecule has 0 aliphatic carbocycles. The van der Waals surface area contributed by atoms with Gasteiger partial charge in [0.1, 0.15) is 11.5 Å². The Bertz CT molecular complexity index is 1110. The first-order valence-corrected chi connectivity index (χ1v) is 12.1. The van der Waals surface area contributed by atoms with E-state index >= 15 is 0 Å². The van der Waals surface area contributed by atoms with Crippen molar-refractivity contribution in [2.24, 2.45) is 4.99 Å². The molecule has 7 nitrogen and oxygen atoms in total. The number of para-hydroxylation sites is 1. The van der Waals surface area contributed by atoms with Gasteiger partial charge in [-0.25, -0.2) is 8.42 Å². The summed E-state index contributed by atoms with van der Waals surface area (Å²) in [6, 6.07) is 7.46. The summed E-state index contributed by atoms with van der Waals surface area (Å²) < 4.78 is 27.4. The molecule has 1 aliphatic rings. The Kier molecular flexibility index (Phi) is 6.87. The third-order valence-electron chi connectivity index (χ3n) is 4.70. The SMILES string of the molecule is C#CCn1c(=NC(=O)CS(=O)(=O)CC(=O)N2CCCCCC2)sc2ccccc21. The van der Waals surface area contributed by atoms with Gasteiger partial charge in [-0.2, -0.15) is 4.99 Å². The first kappa shape index (κ1) is 21.3. The van der Waals surface area contributed by atoms with Gasteiger partial charge in [-0.1, -0.05) is 42.2 Å². The lowest BCUT2D eigenvalue weighted by Gasteiger charge is -2.19. The molecular weight excluding hydrogens is 410 g/mol. The molecule has 154 valence electrons. The summed E-state index contributed by atoms with van der Waals surface area (Å²) in [5.41, 5.74) is 0.834. The van der Waals surface area contributed by atoms with E-state index in [0.717, 1.165) is 35.9 Å². The van der Waals surface area contributed by atoms with Crippen LogP contribution in [-0.2, 0) is 26.0 Å². The van der Waals surface area contributed by atoms with Crippen LogP contribution in [0.3, 0.4) is 0 Å². The highest BCUT2D eigenvalue weighted by molar-refractivity contribution is 7.92. The number of amides is 2. The lowest BCUT2D eigenvalue weighted by Crippen LogP contribution is -2.37. The summed E-state index contributed by atoms with van der Waals surface area (Å²) in [6.07, 6.45) is 9.26. The number of fused-ring (bicyclic) bond motifs is 1. The van der Waals surface area contributed by atoms with Crippen molar-refractivity contribution >= 4 is 43.2 Å². The van der Waals surface area contributed by atoms with Crippen molar-refractivity contribution in [2.75, 3.05) is 24.6 Å². The van der Waals surface area contributed by atoms with Gasteiger partial charge < -0.3 is 9.47 Å². The van der Waals surface area contributed by atoms with E-state index < -0.39 is 33.2 Å². The number of terminal acetylenes is 1. The second-order valence-corrected chi connectivity index (χ2v) is 10.0. The van der Waals surface area contributed by atoms with Crippen LogP contribution < -0.4 is 4.80 Å². The first-order chi connectivity index (χ1) is 13.9. The average molecular weight is 434 g/mol. The Labute approximate surface area is 174 Å². The second kappa shape index (κ2) is 9.37. The number of aromatic nitrogens is 1. The predicted molar refractivity (Wildman–Crippen MR) is 113 cm³/mol. The summed E-state index contributed by atoms with van der Waals surface area (Å²) in [6.45, 7) is 1.36. The Hall–Kier alpha value is -2.44. The Balaban J connectivity index is 1.75. The zero-order valence-electron chi connectivity index (χ0n) is 16.0. The number of thiazole rings is 1. The monoisotopic (exact) mass is 433 g/mol. The average Bonchev–Trinajstić information content (AvgIpc) is 2.84. The molecule has 1 aliphatic heterocycles. The van der Waals surface area contributed by atoms with Crippen molar-refractivity contribution in [3.8, 4) is 12.3 Å². The number of nitrogens with zero attached hydrogens (tertiary/aromatic N) is 3. The number of hydrogen-bond donors (Lipinski definition) is 0. The molecule has 2 heterocycles. The fraction of sp³-hybridized carbons (Fsp3) is 0.450. The van der Waals surface area contributed by atoms with Crippen molar-refractivity contribution in [1.82, 2.24) is 9.47 Å². The zero-order valence-corrected chi connectivity index (χ0v) is 17.7. The molecule has 0 spiro atoms. The second-order valence-electron chi connectivity index (χ2n) is 6.98. The summed E-state index contributed by atoms with van der Waals surface area (Å²) >= 11 is 1.27. The van der Waals surface area contributed by atoms with Gasteiger partial charge in [-0.05, 0) is 25.0 Å². The number of rotatable bonds is 5. The topological polar surface area (TPSA) is 88.8 Å². The maximum atomic E-state index is 12.4. The highest BCUT2D eigenvalue weighted by Gasteiger charge is 2.25. The molecule has 0 radical (unpaired) electrons. The van der Waals surface area contributed by atoms with Crippen molar-refractivity contribution in [2.45, 2.75) is 32.2 Å². The molecule has 1 fully saturated rings. The van der Waals surface area contributed by atoms with Crippen LogP contribution in [0.5, 0.6) is 0 Å². The molecule has 2 aromatic rings. The van der Waals surface area contributed by atoms with Gasteiger partial charge >= 0.3 is 0 Å². The molecule has 0 unspecified atom stereocenters. The molecule has 9 heteroatoms. The molecule has 2 amide bonds. The lowest BCUT2D eigenvalue weighted by atomic mass is 10.2. The molecule has 0 atom stereocenters. The molecule has 0 N–H and O–H groups in total. The van der Waals surface area contributed by atoms with E-state index in [1.54, 1.807) is 9.47 Å². The number of benzene rings is 1. The Morgan fingerprint density at radius 1 is 1.10 bits per heavy atom. The number of carbonyl (C=O) groups is 2. The van der Waals surface area contributed by atoms with Gasteiger partial charge in [-0.3, -0.25) is 9.59 Å². The third-order valence-corrected chi connectivity index (χ3v) is 7.14. The minimum absolute atomic E-state index is 0.219. The van der Waals surface area contributed by atoms with Gasteiger partial charge in [-0.15, -0.1) is 6.42 Å². The van der Waals surface area contributed by atoms with Crippen LogP contribution in [0.2, 0.25) is 0 Å². The molecule has 1 aromatic carbocycles. The van der Waals surface area contributed by atoms with Crippen LogP contribution in [0, 0.1) is 12.3 Å². The van der Waals surface area contributed by atoms with Gasteiger partial charge in [0.25, 0.3) is 5.91 Å². The first-order valence-electron chi connectivity index (χ1n) is 9.47. The van der Waals surface area contributed by atoms with Crippen molar-refractivity contribution in [1.29, 1.82) is 0 Å². The molecule has 1 aromatic heterocycles. The quantitative estimate of drug-likeness (QED) is 0.670. The summed E-state index contributed by atoms with van der Waals surface area (Å²) in [5, 5.41) is 0. The van der Waals surface area contributed by atoms with Gasteiger partial charge in [0.2, 0.25) is 5.91 Å². The molecule has 0 saturated carbocycles. The molecule has 0 bridgehead atoms. The maximum absolute atomic E-state index is 12.4. The molecular formula is C20H23N3O4S2. The molecule has 29 heavy (non-hydrogen) atoms. The predicted octanol–water partition coefficient (Wildman–Crippen LogP) is 1.58. The van der Waals surface area contributed by atoms with Crippen LogP contribution in [0.25, 0.3) is 10.2 Å². The zero-order chi connectivity index (χ0) is 20.9. The summed E-state index contributed by atoms with van der Waals surface area (Å²) in [7, 11) is -3.90. The van der Waals surface area contributed by atoms with E-state index in [1.165, 1.54) is 11.3 Å². The fourth-order valence-electron chi connectivity index (χ4n) is 3.33. The number of sulfone groups is 1. The number of likely N-dealkylation sites (tertiary alicyclic amines) is 1. The molecule has 3 rings (SSSR count). The van der Waals surface area contributed by atoms with Gasteiger partial charge in [0.15, 0.2) is 14.6 Å². The van der Waals surface area contributed by atoms with Crippen molar-refractivity contribution < 1.29 is 18.0 Å². The standard InChI is InChI=1S/C20H23N3O4S2/c1-2-11-23-16-9-5-6-10-17(16)28-20(23)21-18(24)14-29(26,27)15-19(25)22-12-7-3-4-8-13-22/h1,5-6,9-10H,3-4,7-8,11-15H2. The van der Waals surface area contributed by atoms with Crippen LogP contribution in [-0.4, -0.2) is 54.3 Å². The van der Waals surface area contributed by atoms with E-state index in [0.29, 0.717) is 17.9 Å². The van der Waals surface area contributed by atoms with Gasteiger partial charge in [0.05, 0.1) is 16.8 Å². The minimum atomic E-state index is -3.90. The van der Waals surface area contributed by atoms with E-state index in [2.05, 4.69) is 10.9 Å². The van der Waals surface area contributed by atoms with E-state index in [9.17, 15) is 18.0 Å². The van der Waals surface area contributed by atoms with Crippen LogP contribution >= 0.6 is 11.3 Å². The van der Waals surface area contributed by atoms with Crippen LogP contribution in [0.4, 0.5) is 0 Å². The number of carbonyl (C=O) groups excluding carboxylic acids is 2. The smallest absolute Gasteiger partial charge is 0.263 e. The van der Waals surface area contributed by atoms with Gasteiger partial charge in [0, 0.05) is 13.1 Å². The highest BCUT2D eigenvalue weighted by atomic mass is 32.2. The van der Waals surface area contributed by atoms with Crippen molar-refractivity contribution in [3.05, 3.63) is 29.1 Å². The van der Waals surface area contributed by atoms with Crippen LogP contribution in [0.1, 0.15) is 25.7 Å². The largest absolute Gasteiger partial charge is 0.342 e. The van der Waals surface area contributed by atoms with E-state index in [-0.39, 0.29) is 6.54 Å². The minimum Gasteiger partial charge on any atom is -0.342 e. The van der Waals surface area contributed by atoms with Crippen molar-refractivity contribution in [3.63, 3.8) is 0 Å². The van der Waals surface area contributed by atoms with E-state index in [4.69, 9.17) is 6.42 Å². The lowest BCUT2D eigenvalue weighted by molar-refractivity contribution is -0.128. The third kappa shape index (κ3) is 5.55. The highest BCUT2D eigenvalue weighted by Crippen LogP contribution is 2.16. The summed E-state index contributed by atoms with van der Waals surface area (Å²) in [4.78, 5) is 30.6. The Morgan fingerprint density at radius 2 is 1.79 bits per heavy atom. The van der Waals surface area contributed by atoms with Crippen LogP contribution in [0.15, 0.2) is 29.3 Å².